The van der Waals surface area contributed by atoms with Crippen LogP contribution in [0.3, 0.4) is 0 Å². The lowest BCUT2D eigenvalue weighted by atomic mass is 9.33. The van der Waals surface area contributed by atoms with Gasteiger partial charge >= 0.3 is 0 Å². The average molecular weight is 1020 g/mol. The van der Waals surface area contributed by atoms with Crippen molar-refractivity contribution in [1.82, 2.24) is 0 Å². The Morgan fingerprint density at radius 2 is 0.637 bits per heavy atom. The second-order valence-electron chi connectivity index (χ2n) is 21.4. The molecule has 80 heavy (non-hydrogen) atoms. The van der Waals surface area contributed by atoms with E-state index < -0.39 is 0 Å². The van der Waals surface area contributed by atoms with Crippen LogP contribution < -0.4 is 26.2 Å². The Kier molecular flexibility index (Phi) is 8.22. The molecule has 0 saturated heterocycles. The number of anilines is 6. The molecule has 0 radical (unpaired) electrons. The Balaban J connectivity index is 1.04. The van der Waals surface area contributed by atoms with Gasteiger partial charge in [0.2, 0.25) is 0 Å². The molecule has 0 bridgehead atoms. The van der Waals surface area contributed by atoms with E-state index in [-0.39, 0.29) is 6.71 Å². The number of para-hydroxylation sites is 5. The van der Waals surface area contributed by atoms with Gasteiger partial charge < -0.3 is 31.9 Å². The van der Waals surface area contributed by atoms with Crippen LogP contribution in [0.4, 0.5) is 34.1 Å². The Morgan fingerprint density at radius 1 is 0.250 bits per heavy atom. The highest BCUT2D eigenvalue weighted by Gasteiger charge is 2.47. The van der Waals surface area contributed by atoms with Gasteiger partial charge in [0.15, 0.2) is 5.58 Å². The maximum absolute atomic E-state index is 7.42. The predicted octanol–water partition coefficient (Wildman–Crippen LogP) is 18.6. The molecule has 7 nitrogen and oxygen atoms in total. The van der Waals surface area contributed by atoms with Crippen molar-refractivity contribution >= 4 is 167 Å². The zero-order chi connectivity index (χ0) is 51.9. The van der Waals surface area contributed by atoms with Gasteiger partial charge in [-0.15, -0.1) is 0 Å². The molecular weight excluding hydrogens is 984 g/mol. The fourth-order valence-electron chi connectivity index (χ4n) is 13.8. The van der Waals surface area contributed by atoms with Crippen LogP contribution in [0, 0.1) is 0 Å². The SMILES string of the molecule is c1ccc(-c2cc(N3c4cc5c(cc4B4c6cc7oc8ccccc8c7cc6N(c6cc(-c7ccccc7)cc7oc8ccccc8c67)c6c4c3cc3c6oc4ccccc43)oc3ccccc35)c3c(c2)oc2ccccc23)cc1. The van der Waals surface area contributed by atoms with Crippen molar-refractivity contribution in [2.24, 2.45) is 0 Å². The van der Waals surface area contributed by atoms with Gasteiger partial charge in [0.05, 0.1) is 27.8 Å². The second-order valence-corrected chi connectivity index (χ2v) is 21.4. The Labute approximate surface area is 455 Å². The summed E-state index contributed by atoms with van der Waals surface area (Å²) in [5.41, 5.74) is 21.6. The minimum Gasteiger partial charge on any atom is -0.456 e. The van der Waals surface area contributed by atoms with E-state index >= 15 is 0 Å². The number of rotatable bonds is 4. The highest BCUT2D eigenvalue weighted by atomic mass is 16.3. The van der Waals surface area contributed by atoms with E-state index in [1.54, 1.807) is 0 Å². The third kappa shape index (κ3) is 5.68. The molecule has 8 heteroatoms. The van der Waals surface area contributed by atoms with Crippen LogP contribution >= 0.6 is 0 Å². The summed E-state index contributed by atoms with van der Waals surface area (Å²) in [6, 6.07) is 84.2. The molecule has 19 rings (SSSR count). The molecule has 0 amide bonds. The highest BCUT2D eigenvalue weighted by Crippen LogP contribution is 2.55. The quantitative estimate of drug-likeness (QED) is 0.163. The lowest BCUT2D eigenvalue weighted by Gasteiger charge is -2.44. The minimum atomic E-state index is -0.354. The van der Waals surface area contributed by atoms with Crippen molar-refractivity contribution < 1.29 is 22.1 Å². The van der Waals surface area contributed by atoms with Crippen LogP contribution in [-0.4, -0.2) is 6.71 Å². The van der Waals surface area contributed by atoms with Gasteiger partial charge in [-0.05, 0) is 124 Å². The van der Waals surface area contributed by atoms with Crippen molar-refractivity contribution in [3.05, 3.63) is 237 Å². The molecule has 370 valence electrons. The highest BCUT2D eigenvalue weighted by molar-refractivity contribution is 7.01. The fourth-order valence-corrected chi connectivity index (χ4v) is 13.8. The van der Waals surface area contributed by atoms with Gasteiger partial charge in [0.25, 0.3) is 6.71 Å². The summed E-state index contributed by atoms with van der Waals surface area (Å²) < 4.78 is 35.2. The molecular formula is C72H39BN2O5. The molecule has 2 aliphatic heterocycles. The molecule has 0 spiro atoms. The molecule has 0 fully saturated rings. The minimum absolute atomic E-state index is 0.354. The van der Waals surface area contributed by atoms with E-state index in [0.717, 1.165) is 182 Å². The second kappa shape index (κ2) is 15.5. The summed E-state index contributed by atoms with van der Waals surface area (Å²) in [6.45, 7) is -0.354. The number of hydrogen-bond acceptors (Lipinski definition) is 7. The van der Waals surface area contributed by atoms with E-state index in [1.165, 1.54) is 0 Å². The molecule has 2 aliphatic rings. The molecule has 12 aromatic carbocycles. The third-order valence-corrected chi connectivity index (χ3v) is 17.2. The molecule has 0 N–H and O–H groups in total. The van der Waals surface area contributed by atoms with E-state index in [9.17, 15) is 0 Å². The first-order valence-corrected chi connectivity index (χ1v) is 27.2. The Bertz CT molecular complexity index is 5510. The van der Waals surface area contributed by atoms with Crippen LogP contribution in [0.25, 0.3) is 132 Å². The summed E-state index contributed by atoms with van der Waals surface area (Å²) in [5, 5.41) is 10.3. The standard InChI is InChI=1S/C72H39BN2O5/c1-3-17-40(18-4-1)42-31-56(68-47-24-10-15-29-62(47)78-66(68)33-42)74-54-35-49-44-21-7-12-26-59(44)76-64(49)38-52(54)73-53-39-65-50(45-22-8-13-27-60(45)77-65)36-55(53)75(71-70(73)58(74)37-51-46-23-9-14-28-61(46)80-72(51)71)57-32-43(41-19-5-2-6-20-41)34-67-69(57)48-25-11-16-30-63(48)79-67/h1-39H. The van der Waals surface area contributed by atoms with E-state index in [2.05, 4.69) is 228 Å². The number of benzene rings is 12. The molecule has 0 atom stereocenters. The van der Waals surface area contributed by atoms with Crippen molar-refractivity contribution in [3.63, 3.8) is 0 Å². The van der Waals surface area contributed by atoms with Crippen molar-refractivity contribution in [1.29, 1.82) is 0 Å². The normalized spacial score (nSPS) is 13.2. The Hall–Kier alpha value is -10.7. The fraction of sp³-hybridized carbons (Fsp3) is 0. The number of fused-ring (bicyclic) bond motifs is 20. The first-order valence-electron chi connectivity index (χ1n) is 27.2. The van der Waals surface area contributed by atoms with Crippen LogP contribution in [-0.2, 0) is 0 Å². The largest absolute Gasteiger partial charge is 0.456 e. The lowest BCUT2D eigenvalue weighted by Crippen LogP contribution is -2.61. The van der Waals surface area contributed by atoms with Gasteiger partial charge in [0.1, 0.15) is 50.2 Å². The van der Waals surface area contributed by atoms with Crippen molar-refractivity contribution in [2.45, 2.75) is 0 Å². The maximum atomic E-state index is 7.42. The molecule has 5 aromatic heterocycles. The molecule has 0 saturated carbocycles. The summed E-state index contributed by atoms with van der Waals surface area (Å²) in [4.78, 5) is 5.02. The average Bonchev–Trinajstić information content (AvgIpc) is 4.50. The summed E-state index contributed by atoms with van der Waals surface area (Å²) >= 11 is 0. The van der Waals surface area contributed by atoms with Gasteiger partial charge in [-0.3, -0.25) is 0 Å². The molecule has 0 unspecified atom stereocenters. The molecule has 7 heterocycles. The van der Waals surface area contributed by atoms with Crippen molar-refractivity contribution in [3.8, 4) is 22.3 Å². The van der Waals surface area contributed by atoms with Crippen LogP contribution in [0.1, 0.15) is 0 Å². The maximum Gasteiger partial charge on any atom is 0.252 e. The summed E-state index contributed by atoms with van der Waals surface area (Å²) in [5.74, 6) is 0. The molecule has 17 aromatic rings. The topological polar surface area (TPSA) is 72.2 Å². The first kappa shape index (κ1) is 42.4. The third-order valence-electron chi connectivity index (χ3n) is 17.2. The summed E-state index contributed by atoms with van der Waals surface area (Å²) in [6.07, 6.45) is 0. The van der Waals surface area contributed by atoms with Crippen LogP contribution in [0.5, 0.6) is 0 Å². The van der Waals surface area contributed by atoms with Gasteiger partial charge in [-0.1, -0.05) is 152 Å². The number of nitrogens with zero attached hydrogens (tertiary/aromatic N) is 2. The van der Waals surface area contributed by atoms with Crippen LogP contribution in [0.2, 0.25) is 0 Å². The van der Waals surface area contributed by atoms with E-state index in [0.29, 0.717) is 0 Å². The first-order chi connectivity index (χ1) is 39.6. The zero-order valence-corrected chi connectivity index (χ0v) is 42.5. The van der Waals surface area contributed by atoms with Gasteiger partial charge in [-0.2, -0.15) is 0 Å². The smallest absolute Gasteiger partial charge is 0.252 e. The van der Waals surface area contributed by atoms with E-state index in [1.807, 2.05) is 18.2 Å². The predicted molar refractivity (Wildman–Crippen MR) is 328 cm³/mol. The Morgan fingerprint density at radius 3 is 1.15 bits per heavy atom. The van der Waals surface area contributed by atoms with Crippen molar-refractivity contribution in [2.75, 3.05) is 9.80 Å². The molecule has 0 aliphatic carbocycles. The van der Waals surface area contributed by atoms with E-state index in [4.69, 9.17) is 22.1 Å². The summed E-state index contributed by atoms with van der Waals surface area (Å²) in [7, 11) is 0. The zero-order valence-electron chi connectivity index (χ0n) is 42.5. The number of hydrogen-bond donors (Lipinski definition) is 0. The van der Waals surface area contributed by atoms with Crippen LogP contribution in [0.15, 0.2) is 259 Å². The lowest BCUT2D eigenvalue weighted by molar-refractivity contribution is 0.668. The van der Waals surface area contributed by atoms with Gasteiger partial charge in [0, 0.05) is 60.2 Å². The number of furan rings is 5. The monoisotopic (exact) mass is 1020 g/mol. The van der Waals surface area contributed by atoms with Gasteiger partial charge in [-0.25, -0.2) is 0 Å².